The largest absolute Gasteiger partial charge is 0.311 e. The number of hydrogen-bond donors (Lipinski definition) is 0. The highest BCUT2D eigenvalue weighted by Gasteiger charge is 2.37. The van der Waals surface area contributed by atoms with Crippen molar-refractivity contribution in [1.29, 1.82) is 0 Å². The average molecular weight is 697 g/mol. The zero-order valence-corrected chi connectivity index (χ0v) is 31.0. The van der Waals surface area contributed by atoms with Crippen LogP contribution in [0.2, 0.25) is 13.1 Å². The van der Waals surface area contributed by atoms with Crippen LogP contribution in [0.3, 0.4) is 0 Å². The molecule has 0 saturated heterocycles. The molecule has 0 N–H and O–H groups in total. The predicted molar refractivity (Wildman–Crippen MR) is 229 cm³/mol. The predicted octanol–water partition coefficient (Wildman–Crippen LogP) is 12.8. The summed E-state index contributed by atoms with van der Waals surface area (Å²) < 4.78 is 0. The first-order valence-electron chi connectivity index (χ1n) is 18.4. The Kier molecular flexibility index (Phi) is 8.34. The first kappa shape index (κ1) is 32.5. The highest BCUT2D eigenvalue weighted by Crippen LogP contribution is 2.38. The summed E-state index contributed by atoms with van der Waals surface area (Å²) in [6, 6.07) is 74.7. The van der Waals surface area contributed by atoms with Gasteiger partial charge in [0.2, 0.25) is 0 Å². The van der Waals surface area contributed by atoms with Crippen molar-refractivity contribution in [3.63, 3.8) is 0 Å². The fourth-order valence-corrected chi connectivity index (χ4v) is 11.0. The van der Waals surface area contributed by atoms with Crippen molar-refractivity contribution < 1.29 is 0 Å². The number of rotatable bonds is 8. The second-order valence-corrected chi connectivity index (χ2v) is 18.6. The molecule has 0 spiro atoms. The maximum atomic E-state index is 2.51. The van der Waals surface area contributed by atoms with Crippen molar-refractivity contribution in [2.75, 3.05) is 9.80 Å². The van der Waals surface area contributed by atoms with Crippen molar-refractivity contribution in [3.8, 4) is 33.4 Å². The van der Waals surface area contributed by atoms with E-state index < -0.39 is 8.07 Å². The van der Waals surface area contributed by atoms with Gasteiger partial charge in [-0.15, -0.1) is 0 Å². The zero-order chi connectivity index (χ0) is 35.8. The van der Waals surface area contributed by atoms with E-state index in [4.69, 9.17) is 0 Å². The summed E-state index contributed by atoms with van der Waals surface area (Å²) >= 11 is 0. The summed E-state index contributed by atoms with van der Waals surface area (Å²) in [4.78, 5) is 4.62. The lowest BCUT2D eigenvalue weighted by Gasteiger charge is -2.25. The molecule has 1 aliphatic heterocycles. The van der Waals surface area contributed by atoms with Crippen LogP contribution in [-0.2, 0) is 0 Å². The monoisotopic (exact) mass is 696 g/mol. The Morgan fingerprint density at radius 3 is 0.849 bits per heavy atom. The van der Waals surface area contributed by atoms with E-state index >= 15 is 0 Å². The van der Waals surface area contributed by atoms with Gasteiger partial charge in [-0.2, -0.15) is 0 Å². The number of hydrogen-bond acceptors (Lipinski definition) is 2. The Morgan fingerprint density at radius 2 is 0.547 bits per heavy atom. The third kappa shape index (κ3) is 6.05. The van der Waals surface area contributed by atoms with Crippen LogP contribution in [0.15, 0.2) is 206 Å². The van der Waals surface area contributed by atoms with Crippen LogP contribution in [-0.4, -0.2) is 8.07 Å². The molecular weight excluding hydrogens is 657 g/mol. The molecule has 8 aromatic carbocycles. The van der Waals surface area contributed by atoms with Crippen molar-refractivity contribution in [1.82, 2.24) is 0 Å². The summed E-state index contributed by atoms with van der Waals surface area (Å²) in [6.07, 6.45) is 0. The maximum absolute atomic E-state index is 2.51. The van der Waals surface area contributed by atoms with Crippen molar-refractivity contribution in [2.24, 2.45) is 0 Å². The molecule has 0 unspecified atom stereocenters. The van der Waals surface area contributed by atoms with Gasteiger partial charge >= 0.3 is 0 Å². The van der Waals surface area contributed by atoms with E-state index in [1.807, 2.05) is 0 Å². The molecule has 0 aliphatic carbocycles. The van der Waals surface area contributed by atoms with E-state index in [1.165, 1.54) is 43.8 Å². The van der Waals surface area contributed by atoms with E-state index in [9.17, 15) is 0 Å². The van der Waals surface area contributed by atoms with Crippen LogP contribution in [0.25, 0.3) is 33.4 Å². The molecule has 2 nitrogen and oxygen atoms in total. The van der Waals surface area contributed by atoms with Gasteiger partial charge in [0.15, 0.2) is 0 Å². The number of benzene rings is 8. The van der Waals surface area contributed by atoms with E-state index in [0.29, 0.717) is 0 Å². The molecule has 0 aromatic heterocycles. The molecule has 0 fully saturated rings. The van der Waals surface area contributed by atoms with Gasteiger partial charge in [0.1, 0.15) is 8.07 Å². The second kappa shape index (κ2) is 13.6. The Labute approximate surface area is 313 Å². The molecule has 1 heterocycles. The van der Waals surface area contributed by atoms with Crippen molar-refractivity contribution >= 4 is 52.6 Å². The fraction of sp³-hybridized carbons (Fsp3) is 0.0400. The molecule has 0 saturated carbocycles. The Hall–Kier alpha value is -6.42. The first-order valence-corrected chi connectivity index (χ1v) is 21.4. The Morgan fingerprint density at radius 1 is 0.283 bits per heavy atom. The molecule has 53 heavy (non-hydrogen) atoms. The van der Waals surface area contributed by atoms with Gasteiger partial charge in [-0.25, -0.2) is 0 Å². The van der Waals surface area contributed by atoms with Gasteiger partial charge in [-0.1, -0.05) is 147 Å². The highest BCUT2D eigenvalue weighted by molar-refractivity contribution is 7.03. The molecule has 0 bridgehead atoms. The Balaban J connectivity index is 1.00. The molecule has 3 heteroatoms. The molecule has 9 rings (SSSR count). The van der Waals surface area contributed by atoms with E-state index in [1.54, 1.807) is 0 Å². The first-order chi connectivity index (χ1) is 26.0. The quantitative estimate of drug-likeness (QED) is 0.146. The lowest BCUT2D eigenvalue weighted by atomic mass is 9.98. The number of nitrogens with zero attached hydrogens (tertiary/aromatic N) is 2. The third-order valence-electron chi connectivity index (χ3n) is 10.7. The Bertz CT molecular complexity index is 2240. The molecule has 0 radical (unpaired) electrons. The van der Waals surface area contributed by atoms with Gasteiger partial charge < -0.3 is 9.80 Å². The van der Waals surface area contributed by atoms with Gasteiger partial charge in [-0.3, -0.25) is 0 Å². The number of anilines is 6. The summed E-state index contributed by atoms with van der Waals surface area (Å²) in [5, 5.41) is 3.02. The minimum absolute atomic E-state index is 1.14. The highest BCUT2D eigenvalue weighted by atomic mass is 28.3. The van der Waals surface area contributed by atoms with Crippen LogP contribution in [0, 0.1) is 0 Å². The van der Waals surface area contributed by atoms with Gasteiger partial charge in [-0.05, 0) is 117 Å². The van der Waals surface area contributed by atoms with Gasteiger partial charge in [0.25, 0.3) is 0 Å². The van der Waals surface area contributed by atoms with Gasteiger partial charge in [0, 0.05) is 34.1 Å². The minimum Gasteiger partial charge on any atom is -0.311 e. The lowest BCUT2D eigenvalue weighted by Crippen LogP contribution is -2.49. The number of para-hydroxylation sites is 4. The van der Waals surface area contributed by atoms with Crippen LogP contribution in [0.1, 0.15) is 0 Å². The summed E-state index contributed by atoms with van der Waals surface area (Å²) in [5.41, 5.74) is 14.6. The van der Waals surface area contributed by atoms with Crippen LogP contribution in [0.5, 0.6) is 0 Å². The minimum atomic E-state index is -1.96. The maximum Gasteiger partial charge on any atom is 0.113 e. The van der Waals surface area contributed by atoms with E-state index in [-0.39, 0.29) is 0 Å². The van der Waals surface area contributed by atoms with Crippen LogP contribution in [0.4, 0.5) is 34.1 Å². The SMILES string of the molecule is C[Si]1(C)c2cc(-c3ccc(N(c4ccccc4)c4ccccc4)cc3)ccc2-c2ccc(-c3ccc(N(c4ccccc4)c4ccccc4)cc3)cc21. The molecule has 8 aromatic rings. The zero-order valence-electron chi connectivity index (χ0n) is 30.0. The van der Waals surface area contributed by atoms with Crippen LogP contribution < -0.4 is 20.2 Å². The molecule has 0 atom stereocenters. The molecule has 0 amide bonds. The van der Waals surface area contributed by atoms with E-state index in [2.05, 4.69) is 229 Å². The summed E-state index contributed by atoms with van der Waals surface area (Å²) in [5.74, 6) is 0. The van der Waals surface area contributed by atoms with E-state index in [0.717, 1.165) is 34.1 Å². The fourth-order valence-electron chi connectivity index (χ4n) is 7.91. The summed E-state index contributed by atoms with van der Waals surface area (Å²) in [6.45, 7) is 5.01. The number of fused-ring (bicyclic) bond motifs is 3. The molecule has 1 aliphatic rings. The topological polar surface area (TPSA) is 6.48 Å². The van der Waals surface area contributed by atoms with Crippen LogP contribution >= 0.6 is 0 Å². The summed E-state index contributed by atoms with van der Waals surface area (Å²) in [7, 11) is -1.96. The molecule has 254 valence electrons. The van der Waals surface area contributed by atoms with Crippen molar-refractivity contribution in [2.45, 2.75) is 13.1 Å². The smallest absolute Gasteiger partial charge is 0.113 e. The standard InChI is InChI=1S/C50H40N2Si/c1-53(2)49-35-39(37-23-29-45(30-24-37)51(41-15-7-3-8-16-41)42-17-9-4-10-18-42)27-33-47(49)48-34-28-40(36-50(48)53)38-25-31-46(32-26-38)52(43-19-11-5-12-20-43)44-21-13-6-14-22-44/h3-36H,1-2H3. The average Bonchev–Trinajstić information content (AvgIpc) is 3.45. The third-order valence-corrected chi connectivity index (χ3v) is 14.2. The normalized spacial score (nSPS) is 12.5. The second-order valence-electron chi connectivity index (χ2n) is 14.3. The molecular formula is C50H40N2Si. The van der Waals surface area contributed by atoms with Crippen molar-refractivity contribution in [3.05, 3.63) is 206 Å². The lowest BCUT2D eigenvalue weighted by molar-refractivity contribution is 1.28. The van der Waals surface area contributed by atoms with Gasteiger partial charge in [0.05, 0.1) is 0 Å².